The van der Waals surface area contributed by atoms with Crippen molar-refractivity contribution < 1.29 is 14.0 Å². The Balaban J connectivity index is 2.13. The van der Waals surface area contributed by atoms with E-state index in [1.54, 1.807) is 30.3 Å². The standard InChI is InChI=1S/C18H19FN2O2/c1-18(2,3)17(23)21-13-8-6-7-12(11-13)20-16(22)14-9-4-5-10-15(14)19/h4-11H,1-3H3,(H,20,22)(H,21,23). The van der Waals surface area contributed by atoms with Gasteiger partial charge < -0.3 is 10.6 Å². The fraction of sp³-hybridized carbons (Fsp3) is 0.222. The normalized spacial score (nSPS) is 11.0. The first-order chi connectivity index (χ1) is 10.8. The van der Waals surface area contributed by atoms with Crippen LogP contribution in [0.3, 0.4) is 0 Å². The second kappa shape index (κ2) is 6.60. The Labute approximate surface area is 134 Å². The van der Waals surface area contributed by atoms with E-state index in [4.69, 9.17) is 0 Å². The van der Waals surface area contributed by atoms with Crippen LogP contribution >= 0.6 is 0 Å². The van der Waals surface area contributed by atoms with Crippen molar-refractivity contribution in [2.45, 2.75) is 20.8 Å². The zero-order valence-corrected chi connectivity index (χ0v) is 13.3. The number of carbonyl (C=O) groups is 2. The molecule has 2 rings (SSSR count). The molecule has 4 nitrogen and oxygen atoms in total. The van der Waals surface area contributed by atoms with Gasteiger partial charge in [0, 0.05) is 16.8 Å². The van der Waals surface area contributed by atoms with E-state index in [0.29, 0.717) is 11.4 Å². The number of halogens is 1. The largest absolute Gasteiger partial charge is 0.326 e. The molecule has 0 aliphatic carbocycles. The van der Waals surface area contributed by atoms with Gasteiger partial charge in [-0.15, -0.1) is 0 Å². The molecule has 120 valence electrons. The molecule has 2 aromatic carbocycles. The molecule has 0 spiro atoms. The Morgan fingerprint density at radius 3 is 2.13 bits per heavy atom. The molecule has 0 aliphatic heterocycles. The van der Waals surface area contributed by atoms with Gasteiger partial charge in [-0.3, -0.25) is 9.59 Å². The predicted molar refractivity (Wildman–Crippen MR) is 88.9 cm³/mol. The first-order valence-corrected chi connectivity index (χ1v) is 7.25. The maximum absolute atomic E-state index is 13.6. The van der Waals surface area contributed by atoms with Crippen LogP contribution in [-0.2, 0) is 4.79 Å². The summed E-state index contributed by atoms with van der Waals surface area (Å²) < 4.78 is 13.6. The van der Waals surface area contributed by atoms with Crippen molar-refractivity contribution in [3.05, 3.63) is 59.9 Å². The molecular weight excluding hydrogens is 295 g/mol. The molecule has 0 saturated heterocycles. The third-order valence-corrected chi connectivity index (χ3v) is 3.18. The van der Waals surface area contributed by atoms with E-state index in [-0.39, 0.29) is 11.5 Å². The van der Waals surface area contributed by atoms with Gasteiger partial charge >= 0.3 is 0 Å². The van der Waals surface area contributed by atoms with Crippen LogP contribution in [0.25, 0.3) is 0 Å². The SMILES string of the molecule is CC(C)(C)C(=O)Nc1cccc(NC(=O)c2ccccc2F)c1. The van der Waals surface area contributed by atoms with Gasteiger partial charge in [-0.05, 0) is 30.3 Å². The van der Waals surface area contributed by atoms with Crippen molar-refractivity contribution in [3.8, 4) is 0 Å². The molecule has 0 unspecified atom stereocenters. The molecule has 2 N–H and O–H groups in total. The van der Waals surface area contributed by atoms with E-state index in [0.717, 1.165) is 0 Å². The van der Waals surface area contributed by atoms with Crippen LogP contribution in [-0.4, -0.2) is 11.8 Å². The highest BCUT2D eigenvalue weighted by Crippen LogP contribution is 2.20. The fourth-order valence-electron chi connectivity index (χ4n) is 1.84. The summed E-state index contributed by atoms with van der Waals surface area (Å²) in [5.41, 5.74) is 0.490. The minimum atomic E-state index is -0.581. The van der Waals surface area contributed by atoms with Crippen molar-refractivity contribution in [1.29, 1.82) is 0 Å². The van der Waals surface area contributed by atoms with Crippen LogP contribution in [0.4, 0.5) is 15.8 Å². The van der Waals surface area contributed by atoms with Crippen molar-refractivity contribution >= 4 is 23.2 Å². The number of nitrogens with one attached hydrogen (secondary N) is 2. The second-order valence-electron chi connectivity index (χ2n) is 6.22. The molecule has 5 heteroatoms. The molecular formula is C18H19FN2O2. The van der Waals surface area contributed by atoms with E-state index in [1.807, 2.05) is 20.8 Å². The highest BCUT2D eigenvalue weighted by atomic mass is 19.1. The van der Waals surface area contributed by atoms with Crippen molar-refractivity contribution in [1.82, 2.24) is 0 Å². The third kappa shape index (κ3) is 4.39. The fourth-order valence-corrected chi connectivity index (χ4v) is 1.84. The molecule has 0 radical (unpaired) electrons. The molecule has 2 amide bonds. The number of hydrogen-bond donors (Lipinski definition) is 2. The summed E-state index contributed by atoms with van der Waals surface area (Å²) >= 11 is 0. The molecule has 0 fully saturated rings. The second-order valence-corrected chi connectivity index (χ2v) is 6.22. The number of carbonyl (C=O) groups excluding carboxylic acids is 2. The van der Waals surface area contributed by atoms with E-state index in [2.05, 4.69) is 10.6 Å². The van der Waals surface area contributed by atoms with Gasteiger partial charge in [-0.1, -0.05) is 39.0 Å². The quantitative estimate of drug-likeness (QED) is 0.897. The van der Waals surface area contributed by atoms with Crippen LogP contribution in [0.2, 0.25) is 0 Å². The van der Waals surface area contributed by atoms with Gasteiger partial charge in [-0.25, -0.2) is 4.39 Å². The van der Waals surface area contributed by atoms with E-state index >= 15 is 0 Å². The molecule has 23 heavy (non-hydrogen) atoms. The minimum absolute atomic E-state index is 0.0309. The van der Waals surface area contributed by atoms with Gasteiger partial charge in [0.2, 0.25) is 5.91 Å². The molecule has 0 bridgehead atoms. The smallest absolute Gasteiger partial charge is 0.258 e. The number of amides is 2. The summed E-state index contributed by atoms with van der Waals surface area (Å²) in [6, 6.07) is 12.5. The lowest BCUT2D eigenvalue weighted by molar-refractivity contribution is -0.123. The summed E-state index contributed by atoms with van der Waals surface area (Å²) in [6.45, 7) is 5.43. The molecule has 0 saturated carbocycles. The lowest BCUT2D eigenvalue weighted by atomic mass is 9.95. The highest BCUT2D eigenvalue weighted by Gasteiger charge is 2.21. The van der Waals surface area contributed by atoms with Gasteiger partial charge in [0.15, 0.2) is 0 Å². The van der Waals surface area contributed by atoms with Crippen molar-refractivity contribution in [3.63, 3.8) is 0 Å². The van der Waals surface area contributed by atoms with E-state index < -0.39 is 17.1 Å². The molecule has 2 aromatic rings. The zero-order chi connectivity index (χ0) is 17.0. The minimum Gasteiger partial charge on any atom is -0.326 e. The molecule has 0 aliphatic rings. The molecule has 0 heterocycles. The predicted octanol–water partition coefficient (Wildman–Crippen LogP) is 4.06. The average Bonchev–Trinajstić information content (AvgIpc) is 2.47. The Hall–Kier alpha value is -2.69. The maximum Gasteiger partial charge on any atom is 0.258 e. The van der Waals surface area contributed by atoms with Crippen LogP contribution in [0, 0.1) is 11.2 Å². The number of hydrogen-bond acceptors (Lipinski definition) is 2. The van der Waals surface area contributed by atoms with Crippen molar-refractivity contribution in [2.24, 2.45) is 5.41 Å². The Kier molecular flexibility index (Phi) is 4.79. The number of anilines is 2. The number of benzene rings is 2. The maximum atomic E-state index is 13.6. The topological polar surface area (TPSA) is 58.2 Å². The molecule has 0 atom stereocenters. The van der Waals surface area contributed by atoms with Crippen LogP contribution in [0.1, 0.15) is 31.1 Å². The summed E-state index contributed by atoms with van der Waals surface area (Å²) in [7, 11) is 0. The Morgan fingerprint density at radius 1 is 0.913 bits per heavy atom. The summed E-state index contributed by atoms with van der Waals surface area (Å²) in [5, 5.41) is 5.40. The van der Waals surface area contributed by atoms with E-state index in [1.165, 1.54) is 18.2 Å². The Morgan fingerprint density at radius 2 is 1.52 bits per heavy atom. The average molecular weight is 314 g/mol. The summed E-state index contributed by atoms with van der Waals surface area (Å²) in [5.74, 6) is -1.25. The van der Waals surface area contributed by atoms with Gasteiger partial charge in [0.25, 0.3) is 5.91 Å². The Bertz CT molecular complexity index is 736. The zero-order valence-electron chi connectivity index (χ0n) is 13.3. The summed E-state index contributed by atoms with van der Waals surface area (Å²) in [6.07, 6.45) is 0. The summed E-state index contributed by atoms with van der Waals surface area (Å²) in [4.78, 5) is 24.1. The molecule has 0 aromatic heterocycles. The number of rotatable bonds is 3. The van der Waals surface area contributed by atoms with Gasteiger partial charge in [-0.2, -0.15) is 0 Å². The van der Waals surface area contributed by atoms with Crippen LogP contribution in [0.15, 0.2) is 48.5 Å². The third-order valence-electron chi connectivity index (χ3n) is 3.18. The van der Waals surface area contributed by atoms with Gasteiger partial charge in [0.1, 0.15) is 5.82 Å². The lowest BCUT2D eigenvalue weighted by Gasteiger charge is -2.18. The first-order valence-electron chi connectivity index (χ1n) is 7.25. The van der Waals surface area contributed by atoms with Gasteiger partial charge in [0.05, 0.1) is 5.56 Å². The van der Waals surface area contributed by atoms with Crippen LogP contribution in [0.5, 0.6) is 0 Å². The first kappa shape index (κ1) is 16.7. The van der Waals surface area contributed by atoms with Crippen LogP contribution < -0.4 is 10.6 Å². The van der Waals surface area contributed by atoms with Crippen molar-refractivity contribution in [2.75, 3.05) is 10.6 Å². The van der Waals surface area contributed by atoms with E-state index in [9.17, 15) is 14.0 Å². The lowest BCUT2D eigenvalue weighted by Crippen LogP contribution is -2.27. The monoisotopic (exact) mass is 314 g/mol. The highest BCUT2D eigenvalue weighted by molar-refractivity contribution is 6.05.